The Labute approximate surface area is 101 Å². The standard InChI is InChI=1S/C9H13F3N2O4/c1-13(4-9(10,11)12)8(18)14-3-5(15)2-6(14)7(16)17/h5-6,15H,2-4H2,1H3,(H,16,17). The number of β-amino-alcohol motifs (C(OH)–C–C–N with tert-alkyl or cyclic N) is 1. The molecule has 6 nitrogen and oxygen atoms in total. The maximum absolute atomic E-state index is 12.1. The van der Waals surface area contributed by atoms with E-state index in [0.29, 0.717) is 4.90 Å². The van der Waals surface area contributed by atoms with Crippen LogP contribution in [0.1, 0.15) is 6.42 Å². The highest BCUT2D eigenvalue weighted by molar-refractivity contribution is 5.83. The maximum atomic E-state index is 12.1. The smallest absolute Gasteiger partial charge is 0.406 e. The zero-order valence-electron chi connectivity index (χ0n) is 9.52. The number of carboxylic acid groups (broad SMARTS) is 1. The van der Waals surface area contributed by atoms with Crippen molar-refractivity contribution in [2.45, 2.75) is 24.7 Å². The molecule has 0 aromatic heterocycles. The number of rotatable bonds is 2. The number of alkyl halides is 3. The lowest BCUT2D eigenvalue weighted by molar-refractivity contribution is -0.142. The third kappa shape index (κ3) is 3.49. The van der Waals surface area contributed by atoms with Crippen molar-refractivity contribution in [1.82, 2.24) is 9.80 Å². The minimum atomic E-state index is -4.55. The second kappa shape index (κ2) is 5.01. The van der Waals surface area contributed by atoms with Gasteiger partial charge in [-0.3, -0.25) is 0 Å². The Bertz CT molecular complexity index is 347. The van der Waals surface area contributed by atoms with Crippen LogP contribution < -0.4 is 0 Å². The number of amides is 2. The molecule has 2 N–H and O–H groups in total. The lowest BCUT2D eigenvalue weighted by Gasteiger charge is -2.27. The van der Waals surface area contributed by atoms with Crippen molar-refractivity contribution in [3.63, 3.8) is 0 Å². The molecule has 0 bridgehead atoms. The second-order valence-corrected chi connectivity index (χ2v) is 4.15. The molecule has 2 atom stereocenters. The van der Waals surface area contributed by atoms with Crippen molar-refractivity contribution in [3.05, 3.63) is 0 Å². The SMILES string of the molecule is CN(CC(F)(F)F)C(=O)N1CC(O)CC1C(=O)O. The normalized spacial score (nSPS) is 24.2. The Morgan fingerprint density at radius 2 is 2.00 bits per heavy atom. The van der Waals surface area contributed by atoms with E-state index in [1.807, 2.05) is 0 Å². The zero-order valence-corrected chi connectivity index (χ0v) is 9.52. The minimum Gasteiger partial charge on any atom is -0.480 e. The predicted octanol–water partition coefficient (Wildman–Crippen LogP) is 0.120. The van der Waals surface area contributed by atoms with Crippen LogP contribution in [0.4, 0.5) is 18.0 Å². The fourth-order valence-corrected chi connectivity index (χ4v) is 1.82. The van der Waals surface area contributed by atoms with Crippen molar-refractivity contribution >= 4 is 12.0 Å². The third-order valence-electron chi connectivity index (χ3n) is 2.55. The molecule has 2 amide bonds. The molecule has 0 radical (unpaired) electrons. The maximum Gasteiger partial charge on any atom is 0.406 e. The molecule has 0 aromatic rings. The average molecular weight is 270 g/mol. The molecule has 18 heavy (non-hydrogen) atoms. The molecule has 1 fully saturated rings. The van der Waals surface area contributed by atoms with Gasteiger partial charge in [-0.2, -0.15) is 13.2 Å². The van der Waals surface area contributed by atoms with Crippen LogP contribution >= 0.6 is 0 Å². The lowest BCUT2D eigenvalue weighted by atomic mass is 10.2. The molecule has 0 aromatic carbocycles. The van der Waals surface area contributed by atoms with Gasteiger partial charge in [0.05, 0.1) is 6.10 Å². The van der Waals surface area contributed by atoms with Gasteiger partial charge in [0.25, 0.3) is 0 Å². The van der Waals surface area contributed by atoms with Crippen molar-refractivity contribution in [1.29, 1.82) is 0 Å². The van der Waals surface area contributed by atoms with Gasteiger partial charge in [0.15, 0.2) is 0 Å². The van der Waals surface area contributed by atoms with E-state index in [9.17, 15) is 27.9 Å². The number of carboxylic acids is 1. The number of aliphatic carboxylic acids is 1. The van der Waals surface area contributed by atoms with Crippen molar-refractivity contribution < 1.29 is 33.0 Å². The van der Waals surface area contributed by atoms with E-state index in [1.165, 1.54) is 0 Å². The highest BCUT2D eigenvalue weighted by atomic mass is 19.4. The third-order valence-corrected chi connectivity index (χ3v) is 2.55. The van der Waals surface area contributed by atoms with Crippen LogP contribution in [0.5, 0.6) is 0 Å². The Morgan fingerprint density at radius 1 is 1.44 bits per heavy atom. The van der Waals surface area contributed by atoms with Crippen LogP contribution in [0.15, 0.2) is 0 Å². The Hall–Kier alpha value is -1.51. The quantitative estimate of drug-likeness (QED) is 0.746. The van der Waals surface area contributed by atoms with Gasteiger partial charge < -0.3 is 20.0 Å². The van der Waals surface area contributed by atoms with E-state index in [-0.39, 0.29) is 13.0 Å². The molecule has 104 valence electrons. The van der Waals surface area contributed by atoms with Crippen molar-refractivity contribution in [2.75, 3.05) is 20.1 Å². The van der Waals surface area contributed by atoms with E-state index in [0.717, 1.165) is 11.9 Å². The number of hydrogen-bond donors (Lipinski definition) is 2. The Kier molecular flexibility index (Phi) is 4.05. The highest BCUT2D eigenvalue weighted by Crippen LogP contribution is 2.22. The summed E-state index contributed by atoms with van der Waals surface area (Å²) in [5, 5.41) is 18.1. The number of hydrogen-bond acceptors (Lipinski definition) is 3. The first-order valence-electron chi connectivity index (χ1n) is 5.11. The summed E-state index contributed by atoms with van der Waals surface area (Å²) in [4.78, 5) is 23.6. The fraction of sp³-hybridized carbons (Fsp3) is 0.778. The molecule has 0 spiro atoms. The number of aliphatic hydroxyl groups is 1. The van der Waals surface area contributed by atoms with Gasteiger partial charge in [-0.25, -0.2) is 9.59 Å². The fourth-order valence-electron chi connectivity index (χ4n) is 1.82. The number of aliphatic hydroxyl groups excluding tert-OH is 1. The summed E-state index contributed by atoms with van der Waals surface area (Å²) in [5.41, 5.74) is 0. The second-order valence-electron chi connectivity index (χ2n) is 4.15. The summed E-state index contributed by atoms with van der Waals surface area (Å²) in [6.45, 7) is -1.75. The first-order chi connectivity index (χ1) is 8.11. The Morgan fingerprint density at radius 3 is 2.44 bits per heavy atom. The zero-order chi connectivity index (χ0) is 14.1. The van der Waals surface area contributed by atoms with Gasteiger partial charge >= 0.3 is 18.2 Å². The Balaban J connectivity index is 2.73. The summed E-state index contributed by atoms with van der Waals surface area (Å²) in [7, 11) is 0.930. The summed E-state index contributed by atoms with van der Waals surface area (Å²) in [5.74, 6) is -1.35. The van der Waals surface area contributed by atoms with E-state index in [4.69, 9.17) is 5.11 Å². The van der Waals surface area contributed by atoms with Gasteiger partial charge in [-0.05, 0) is 0 Å². The summed E-state index contributed by atoms with van der Waals surface area (Å²) in [6.07, 6.45) is -5.77. The van der Waals surface area contributed by atoms with Crippen molar-refractivity contribution in [3.8, 4) is 0 Å². The molecule has 1 aliphatic rings. The molecule has 0 aliphatic carbocycles. The van der Waals surface area contributed by atoms with Crippen molar-refractivity contribution in [2.24, 2.45) is 0 Å². The van der Waals surface area contributed by atoms with Gasteiger partial charge in [0.1, 0.15) is 12.6 Å². The molecule has 0 saturated carbocycles. The van der Waals surface area contributed by atoms with E-state index in [2.05, 4.69) is 0 Å². The number of carbonyl (C=O) groups is 2. The van der Waals surface area contributed by atoms with E-state index in [1.54, 1.807) is 0 Å². The first-order valence-corrected chi connectivity index (χ1v) is 5.11. The number of nitrogens with zero attached hydrogens (tertiary/aromatic N) is 2. The number of urea groups is 1. The molecule has 1 heterocycles. The predicted molar refractivity (Wildman–Crippen MR) is 52.8 cm³/mol. The van der Waals surface area contributed by atoms with Gasteiger partial charge in [0.2, 0.25) is 0 Å². The van der Waals surface area contributed by atoms with Gasteiger partial charge in [-0.15, -0.1) is 0 Å². The van der Waals surface area contributed by atoms with Crippen LogP contribution in [0.3, 0.4) is 0 Å². The number of carbonyl (C=O) groups excluding carboxylic acids is 1. The van der Waals surface area contributed by atoms with E-state index >= 15 is 0 Å². The lowest BCUT2D eigenvalue weighted by Crippen LogP contribution is -2.49. The molecule has 9 heteroatoms. The molecule has 2 unspecified atom stereocenters. The first kappa shape index (κ1) is 14.6. The van der Waals surface area contributed by atoms with Crippen LogP contribution in [0, 0.1) is 0 Å². The summed E-state index contributed by atoms with van der Waals surface area (Å²) in [6, 6.07) is -2.35. The molecular formula is C9H13F3N2O4. The van der Waals surface area contributed by atoms with Gasteiger partial charge in [-0.1, -0.05) is 0 Å². The summed E-state index contributed by atoms with van der Waals surface area (Å²) < 4.78 is 36.3. The topological polar surface area (TPSA) is 81.1 Å². The van der Waals surface area contributed by atoms with Gasteiger partial charge in [0, 0.05) is 20.0 Å². The monoisotopic (exact) mass is 270 g/mol. The molecule has 1 rings (SSSR count). The molecule has 1 saturated heterocycles. The molecule has 1 aliphatic heterocycles. The molecular weight excluding hydrogens is 257 g/mol. The number of halogens is 3. The van der Waals surface area contributed by atoms with Crippen LogP contribution in [0.25, 0.3) is 0 Å². The van der Waals surface area contributed by atoms with Crippen LogP contribution in [0.2, 0.25) is 0 Å². The highest BCUT2D eigenvalue weighted by Gasteiger charge is 2.41. The van der Waals surface area contributed by atoms with Crippen LogP contribution in [-0.2, 0) is 4.79 Å². The number of likely N-dealkylation sites (tertiary alicyclic amines) is 1. The largest absolute Gasteiger partial charge is 0.480 e. The van der Waals surface area contributed by atoms with Crippen LogP contribution in [-0.4, -0.2) is 70.5 Å². The minimum absolute atomic E-state index is 0.180. The summed E-state index contributed by atoms with van der Waals surface area (Å²) >= 11 is 0. The van der Waals surface area contributed by atoms with E-state index < -0.39 is 36.9 Å². The average Bonchev–Trinajstić information content (AvgIpc) is 2.56.